The van der Waals surface area contributed by atoms with Gasteiger partial charge in [-0.25, -0.2) is 0 Å². The topological polar surface area (TPSA) is 338 Å². The SMILES string of the molecule is CC(C)(C)C1=CC(=O)C=C(C(C)(C)C)C1=O.CC1=CC(=O)C=C(C)C1=O.COC1=CC(=O)C(CO)=CC1=O.COC1=CC(=O)C=C(CO)C1=O.O=C1C=C(Cl)C(=O)C(Cl)=C1.O=C1C=C(O)C(=O)C=C1O.O=C1C=C(c2ccccc2)C(=O)C=C1c1ccccc1. The number of aliphatic hydroxyl groups excluding tert-OH is 4. The normalized spacial score (nSPS) is 17.3. The number of allylic oxidation sites excluding steroid dienone is 23. The van der Waals surface area contributed by atoms with E-state index in [4.69, 9.17) is 43.6 Å². The zero-order valence-corrected chi connectivity index (χ0v) is 51.9. The summed E-state index contributed by atoms with van der Waals surface area (Å²) in [5.74, 6) is -5.61. The van der Waals surface area contributed by atoms with Gasteiger partial charge < -0.3 is 29.9 Å². The number of carbonyl (C=O) groups is 14. The van der Waals surface area contributed by atoms with E-state index < -0.39 is 47.9 Å². The Morgan fingerprint density at radius 2 is 0.744 bits per heavy atom. The van der Waals surface area contributed by atoms with Gasteiger partial charge in [-0.3, -0.25) is 67.1 Å². The lowest BCUT2D eigenvalue weighted by atomic mass is 9.72. The van der Waals surface area contributed by atoms with Crippen molar-refractivity contribution in [3.63, 3.8) is 0 Å². The molecule has 0 fully saturated rings. The van der Waals surface area contributed by atoms with Gasteiger partial charge in [0.25, 0.3) is 0 Å². The Bertz CT molecular complexity index is 3550. The molecule has 7 aliphatic rings. The number of methoxy groups -OCH3 is 2. The van der Waals surface area contributed by atoms with Crippen molar-refractivity contribution < 1.29 is 97.0 Å². The lowest BCUT2D eigenvalue weighted by Gasteiger charge is -2.30. The first kappa shape index (κ1) is 74.1. The third-order valence-electron chi connectivity index (χ3n) is 12.4. The third kappa shape index (κ3) is 21.6. The smallest absolute Gasteiger partial charge is 0.226 e. The minimum atomic E-state index is -0.753. The number of hydrogen-bond acceptors (Lipinski definition) is 20. The Morgan fingerprint density at radius 3 is 1.12 bits per heavy atom. The van der Waals surface area contributed by atoms with E-state index in [-0.39, 0.29) is 101 Å². The van der Waals surface area contributed by atoms with Crippen molar-refractivity contribution in [3.05, 3.63) is 223 Å². The van der Waals surface area contributed by atoms with Crippen molar-refractivity contribution in [3.8, 4) is 0 Å². The lowest BCUT2D eigenvalue weighted by Crippen LogP contribution is -2.29. The van der Waals surface area contributed by atoms with Crippen LogP contribution in [0.3, 0.4) is 0 Å². The van der Waals surface area contributed by atoms with E-state index in [1.807, 2.05) is 102 Å². The molecule has 0 aliphatic heterocycles. The van der Waals surface area contributed by atoms with E-state index in [0.29, 0.717) is 45.6 Å². The monoisotopic (exact) mass is 1270 g/mol. The van der Waals surface area contributed by atoms with Gasteiger partial charge in [0.2, 0.25) is 28.9 Å². The number of aliphatic hydroxyl groups is 4. The number of ether oxygens (including phenoxy) is 2. The number of hydrogen-bond donors (Lipinski definition) is 4. The van der Waals surface area contributed by atoms with Gasteiger partial charge in [0.15, 0.2) is 75.1 Å². The average Bonchev–Trinajstić information content (AvgIpc) is 0.891. The third-order valence-corrected chi connectivity index (χ3v) is 13.0. The maximum Gasteiger partial charge on any atom is 0.226 e. The van der Waals surface area contributed by atoms with E-state index in [1.54, 1.807) is 13.8 Å². The van der Waals surface area contributed by atoms with Crippen molar-refractivity contribution in [2.45, 2.75) is 55.4 Å². The highest BCUT2D eigenvalue weighted by Crippen LogP contribution is 2.37. The predicted molar refractivity (Wildman–Crippen MR) is 331 cm³/mol. The van der Waals surface area contributed by atoms with Gasteiger partial charge in [0.1, 0.15) is 0 Å². The molecule has 4 N–H and O–H groups in total. The van der Waals surface area contributed by atoms with Crippen molar-refractivity contribution in [2.24, 2.45) is 10.8 Å². The van der Waals surface area contributed by atoms with Crippen molar-refractivity contribution >= 4 is 115 Å². The quantitative estimate of drug-likeness (QED) is 0.199. The van der Waals surface area contributed by atoms with Gasteiger partial charge in [-0.15, -0.1) is 0 Å². The largest absolute Gasteiger partial charge is 0.504 e. The molecule has 20 nitrogen and oxygen atoms in total. The second-order valence-electron chi connectivity index (χ2n) is 21.4. The minimum Gasteiger partial charge on any atom is -0.504 e. The summed E-state index contributed by atoms with van der Waals surface area (Å²) in [6.07, 6.45) is 16.3. The molecule has 0 radical (unpaired) electrons. The molecule has 0 heterocycles. The summed E-state index contributed by atoms with van der Waals surface area (Å²) >= 11 is 10.6. The van der Waals surface area contributed by atoms with Crippen LogP contribution in [0, 0.1) is 10.8 Å². The fourth-order valence-corrected chi connectivity index (χ4v) is 8.18. The highest BCUT2D eigenvalue weighted by Gasteiger charge is 2.35. The number of benzene rings is 2. The highest BCUT2D eigenvalue weighted by molar-refractivity contribution is 6.57. The molecule has 9 rings (SSSR count). The average molecular weight is 1270 g/mol. The van der Waals surface area contributed by atoms with Crippen LogP contribution in [0.2, 0.25) is 0 Å². The van der Waals surface area contributed by atoms with Crippen molar-refractivity contribution in [2.75, 3.05) is 27.4 Å². The van der Waals surface area contributed by atoms with Crippen LogP contribution >= 0.6 is 23.2 Å². The Balaban J connectivity index is 0.000000279. The van der Waals surface area contributed by atoms with E-state index in [9.17, 15) is 67.1 Å². The van der Waals surface area contributed by atoms with E-state index in [0.717, 1.165) is 47.6 Å². The number of halogens is 2. The van der Waals surface area contributed by atoms with Crippen LogP contribution in [-0.4, -0.2) is 129 Å². The molecule has 22 heteroatoms. The van der Waals surface area contributed by atoms with Crippen LogP contribution < -0.4 is 0 Å². The molecule has 0 spiro atoms. The summed E-state index contributed by atoms with van der Waals surface area (Å²) in [5, 5.41) is 34.2. The second-order valence-corrected chi connectivity index (χ2v) is 22.2. The molecule has 0 bridgehead atoms. The zero-order chi connectivity index (χ0) is 68.1. The molecular weight excluding hydrogens is 1210 g/mol. The van der Waals surface area contributed by atoms with E-state index >= 15 is 0 Å². The first-order valence-corrected chi connectivity index (χ1v) is 27.4. The first-order chi connectivity index (χ1) is 42.0. The standard InChI is InChI=1S/C18H12O2.C14H20O2.2C8H8O4.C8H8O2.C6H2Cl2O2.C6H4O4/c19-17-12-16(14-9-5-2-6-10-14)18(20)11-15(17)13-7-3-1-4-8-13;1-13(2,3)10-7-9(15)8-11(12(10)16)14(4,5)6;1-12-8-3-6(10)5(4-9)2-7(8)11;1-12-7-3-6(10)2-5(4-9)8(7)11;1-5-3-7(9)4-6(2)8(5)10;7-4-1-3(9)2-5(8)6(4)10;7-3-1-4(8)6(10)2-5(3)9/h1-12H;7-8H,1-6H3;2*2-3,9H,4H2,1H3;3-4H,1-2H3;1-2H;1-2,7,10H. The minimum absolute atomic E-state index is 0.0113. The molecule has 2 aromatic rings. The van der Waals surface area contributed by atoms with Gasteiger partial charge in [0.05, 0.1) is 37.5 Å². The Kier molecular flexibility index (Phi) is 27.4. The number of rotatable bonds is 6. The Labute approximate surface area is 527 Å². The van der Waals surface area contributed by atoms with Gasteiger partial charge in [0, 0.05) is 81.0 Å². The predicted octanol–water partition coefficient (Wildman–Crippen LogP) is 8.00. The lowest BCUT2D eigenvalue weighted by molar-refractivity contribution is -0.118. The molecule has 0 atom stereocenters. The van der Waals surface area contributed by atoms with Gasteiger partial charge in [-0.1, -0.05) is 125 Å². The molecule has 0 aromatic heterocycles. The summed E-state index contributed by atoms with van der Waals surface area (Å²) in [6.45, 7) is 14.2. The molecule has 90 heavy (non-hydrogen) atoms. The number of Topliss-reactive ketones (excluding diaryl/α,β-unsaturated/α-hetero) is 4. The van der Waals surface area contributed by atoms with Crippen molar-refractivity contribution in [1.29, 1.82) is 0 Å². The molecule has 468 valence electrons. The van der Waals surface area contributed by atoms with Crippen LogP contribution in [0.15, 0.2) is 212 Å². The summed E-state index contributed by atoms with van der Waals surface area (Å²) in [7, 11) is 2.62. The van der Waals surface area contributed by atoms with Crippen LogP contribution in [-0.2, 0) is 76.6 Å². The van der Waals surface area contributed by atoms with Gasteiger partial charge in [-0.2, -0.15) is 0 Å². The molecule has 0 unspecified atom stereocenters. The summed E-state index contributed by atoms with van der Waals surface area (Å²) in [5.41, 5.74) is 4.36. The molecule has 7 aliphatic carbocycles. The van der Waals surface area contributed by atoms with Crippen LogP contribution in [0.4, 0.5) is 0 Å². The zero-order valence-electron chi connectivity index (χ0n) is 50.3. The fraction of sp³-hybridized carbons (Fsp3) is 0.206. The Hall–Kier alpha value is -10.1. The van der Waals surface area contributed by atoms with Gasteiger partial charge in [-0.05, 0) is 84.4 Å². The first-order valence-electron chi connectivity index (χ1n) is 26.7. The maximum absolute atomic E-state index is 12.3. The van der Waals surface area contributed by atoms with Crippen LogP contribution in [0.25, 0.3) is 11.1 Å². The van der Waals surface area contributed by atoms with Gasteiger partial charge >= 0.3 is 0 Å². The number of ketones is 14. The maximum atomic E-state index is 12.3. The molecule has 2 aromatic carbocycles. The highest BCUT2D eigenvalue weighted by atomic mass is 35.5. The van der Waals surface area contributed by atoms with Crippen LogP contribution in [0.5, 0.6) is 0 Å². The van der Waals surface area contributed by atoms with E-state index in [2.05, 4.69) is 9.47 Å². The summed E-state index contributed by atoms with van der Waals surface area (Å²) < 4.78 is 9.28. The fourth-order valence-electron chi connectivity index (χ4n) is 7.72. The number of carbonyl (C=O) groups excluding carboxylic acids is 14. The molecule has 0 amide bonds. The molecule has 0 saturated carbocycles. The summed E-state index contributed by atoms with van der Waals surface area (Å²) in [4.78, 5) is 156. The summed E-state index contributed by atoms with van der Waals surface area (Å²) in [6, 6.07) is 18.5. The second kappa shape index (κ2) is 33.3. The molecule has 0 saturated heterocycles. The van der Waals surface area contributed by atoms with Crippen molar-refractivity contribution in [1.82, 2.24) is 0 Å². The van der Waals surface area contributed by atoms with Crippen LogP contribution in [0.1, 0.15) is 66.5 Å². The molecular formula is C68H62Cl2O20. The van der Waals surface area contributed by atoms with E-state index in [1.165, 1.54) is 50.7 Å². The Morgan fingerprint density at radius 1 is 0.367 bits per heavy atom.